The molecule has 208 valence electrons. The lowest BCUT2D eigenvalue weighted by Gasteiger charge is -2.58. The zero-order valence-electron chi connectivity index (χ0n) is 20.0. The molecule has 1 aromatic heterocycles. The number of aromatic nitrogens is 1. The molecule has 1 unspecified atom stereocenters. The number of carbonyl (C=O) groups is 3. The smallest absolute Gasteiger partial charge is 0.475 e. The van der Waals surface area contributed by atoms with Gasteiger partial charge in [-0.05, 0) is 43.1 Å². The Morgan fingerprint density at radius 3 is 1.87 bits per heavy atom. The maximum Gasteiger partial charge on any atom is 0.490 e. The number of hydrogen-bond donors (Lipinski definition) is 2. The molecule has 2 aliphatic heterocycles. The summed E-state index contributed by atoms with van der Waals surface area (Å²) in [6, 6.07) is 14.8. The van der Waals surface area contributed by atoms with Crippen molar-refractivity contribution in [3.8, 4) is 0 Å². The summed E-state index contributed by atoms with van der Waals surface area (Å²) in [5, 5.41) is 14.2. The molecular weight excluding hydrogens is 524 g/mol. The van der Waals surface area contributed by atoms with Crippen LogP contribution in [-0.2, 0) is 20.9 Å². The molecule has 0 aliphatic carbocycles. The van der Waals surface area contributed by atoms with Crippen molar-refractivity contribution in [1.29, 1.82) is 0 Å². The van der Waals surface area contributed by atoms with Crippen LogP contribution in [0.5, 0.6) is 0 Å². The predicted molar refractivity (Wildman–Crippen MR) is 121 cm³/mol. The van der Waals surface area contributed by atoms with Crippen LogP contribution in [0.1, 0.15) is 30.0 Å². The number of alkyl halides is 6. The van der Waals surface area contributed by atoms with Gasteiger partial charge in [0.2, 0.25) is 5.91 Å². The lowest BCUT2D eigenvalue weighted by atomic mass is 9.62. The Morgan fingerprint density at radius 2 is 1.45 bits per heavy atom. The maximum absolute atomic E-state index is 12.7. The van der Waals surface area contributed by atoms with Crippen LogP contribution in [0.3, 0.4) is 0 Å². The Kier molecular flexibility index (Phi) is 9.84. The Balaban J connectivity index is 0.000000301. The number of benzene rings is 1. The monoisotopic (exact) mass is 549 g/mol. The number of likely N-dealkylation sites (tertiary alicyclic amines) is 2. The molecule has 1 amide bonds. The minimum atomic E-state index is -5.08. The molecule has 1 aromatic carbocycles. The summed E-state index contributed by atoms with van der Waals surface area (Å²) in [6.45, 7) is 2.86. The number of nitrogens with zero attached hydrogens (tertiary/aromatic N) is 3. The first-order valence-electron chi connectivity index (χ1n) is 11.1. The molecule has 2 N–H and O–H groups in total. The van der Waals surface area contributed by atoms with Crippen LogP contribution < -0.4 is 0 Å². The van der Waals surface area contributed by atoms with Gasteiger partial charge >= 0.3 is 24.3 Å². The van der Waals surface area contributed by atoms with E-state index >= 15 is 0 Å². The van der Waals surface area contributed by atoms with Crippen LogP contribution in [0.4, 0.5) is 26.3 Å². The number of aliphatic carboxylic acids is 2. The molecule has 0 radical (unpaired) electrons. The van der Waals surface area contributed by atoms with Crippen molar-refractivity contribution in [2.24, 2.45) is 5.41 Å². The van der Waals surface area contributed by atoms with Crippen LogP contribution >= 0.6 is 0 Å². The lowest BCUT2D eigenvalue weighted by molar-refractivity contribution is -0.193. The van der Waals surface area contributed by atoms with Crippen LogP contribution in [-0.4, -0.2) is 75.3 Å². The number of halogens is 6. The van der Waals surface area contributed by atoms with Crippen molar-refractivity contribution in [1.82, 2.24) is 14.8 Å². The molecule has 2 aromatic rings. The summed E-state index contributed by atoms with van der Waals surface area (Å²) in [4.78, 5) is 39.0. The van der Waals surface area contributed by atoms with Gasteiger partial charge in [-0.1, -0.05) is 36.4 Å². The van der Waals surface area contributed by atoms with Gasteiger partial charge in [-0.3, -0.25) is 14.7 Å². The normalized spacial score (nSPS) is 18.9. The SMILES string of the molecule is CN1C(=O)C2(CCN(Cc3cccnc3)CC2)C1c1ccccc1.O=C(O)C(F)(F)F.O=C(O)C(F)(F)F. The number of amides is 1. The van der Waals surface area contributed by atoms with E-state index in [0.717, 1.165) is 32.5 Å². The van der Waals surface area contributed by atoms with Crippen molar-refractivity contribution in [3.05, 3.63) is 66.0 Å². The van der Waals surface area contributed by atoms with E-state index in [1.807, 2.05) is 36.5 Å². The minimum absolute atomic E-state index is 0.193. The van der Waals surface area contributed by atoms with E-state index in [1.165, 1.54) is 11.1 Å². The average Bonchev–Trinajstić information content (AvgIpc) is 2.86. The number of pyridine rings is 1. The van der Waals surface area contributed by atoms with Crippen LogP contribution in [0, 0.1) is 5.41 Å². The third kappa shape index (κ3) is 7.66. The van der Waals surface area contributed by atoms with Crippen molar-refractivity contribution in [2.75, 3.05) is 20.1 Å². The van der Waals surface area contributed by atoms with E-state index in [0.29, 0.717) is 5.91 Å². The quantitative estimate of drug-likeness (QED) is 0.437. The highest BCUT2D eigenvalue weighted by molar-refractivity contribution is 5.90. The third-order valence-corrected chi connectivity index (χ3v) is 6.13. The molecular formula is C24H25F6N3O5. The van der Waals surface area contributed by atoms with Gasteiger partial charge in [-0.25, -0.2) is 9.59 Å². The van der Waals surface area contributed by atoms with E-state index in [9.17, 15) is 31.1 Å². The summed E-state index contributed by atoms with van der Waals surface area (Å²) >= 11 is 0. The van der Waals surface area contributed by atoms with Crippen LogP contribution in [0.2, 0.25) is 0 Å². The van der Waals surface area contributed by atoms with Gasteiger partial charge in [0.05, 0.1) is 11.5 Å². The average molecular weight is 549 g/mol. The highest BCUT2D eigenvalue weighted by Gasteiger charge is 2.59. The summed E-state index contributed by atoms with van der Waals surface area (Å²) in [7, 11) is 1.94. The zero-order valence-corrected chi connectivity index (χ0v) is 20.0. The van der Waals surface area contributed by atoms with E-state index in [-0.39, 0.29) is 11.5 Å². The van der Waals surface area contributed by atoms with E-state index in [1.54, 1.807) is 0 Å². The molecule has 38 heavy (non-hydrogen) atoms. The fourth-order valence-corrected chi connectivity index (χ4v) is 4.42. The van der Waals surface area contributed by atoms with Gasteiger partial charge in [0.1, 0.15) is 0 Å². The van der Waals surface area contributed by atoms with Crippen molar-refractivity contribution >= 4 is 17.8 Å². The Hall–Kier alpha value is -3.68. The Morgan fingerprint density at radius 1 is 0.947 bits per heavy atom. The Bertz CT molecular complexity index is 1060. The number of β-lactam (4-membered cyclic amide) rings is 1. The van der Waals surface area contributed by atoms with Gasteiger partial charge < -0.3 is 15.1 Å². The predicted octanol–water partition coefficient (Wildman–Crippen LogP) is 4.14. The molecule has 4 rings (SSSR count). The highest BCUT2D eigenvalue weighted by atomic mass is 19.4. The second-order valence-electron chi connectivity index (χ2n) is 8.63. The molecule has 14 heteroatoms. The fraction of sp³-hybridized carbons (Fsp3) is 0.417. The molecule has 2 aliphatic rings. The summed E-state index contributed by atoms with van der Waals surface area (Å²) < 4.78 is 63.5. The first-order chi connectivity index (χ1) is 17.6. The number of carbonyl (C=O) groups excluding carboxylic acids is 1. The first-order valence-corrected chi connectivity index (χ1v) is 11.1. The molecule has 1 atom stereocenters. The second-order valence-corrected chi connectivity index (χ2v) is 8.63. The topological polar surface area (TPSA) is 111 Å². The van der Waals surface area contributed by atoms with E-state index in [4.69, 9.17) is 19.8 Å². The van der Waals surface area contributed by atoms with Gasteiger partial charge in [-0.15, -0.1) is 0 Å². The van der Waals surface area contributed by atoms with E-state index < -0.39 is 24.3 Å². The number of carboxylic acids is 2. The minimum Gasteiger partial charge on any atom is -0.475 e. The third-order valence-electron chi connectivity index (χ3n) is 6.13. The largest absolute Gasteiger partial charge is 0.490 e. The number of carboxylic acid groups (broad SMARTS) is 2. The zero-order chi connectivity index (χ0) is 28.7. The van der Waals surface area contributed by atoms with Crippen LogP contribution in [0.25, 0.3) is 0 Å². The molecule has 0 saturated carbocycles. The molecule has 0 bridgehead atoms. The lowest BCUT2D eigenvalue weighted by Crippen LogP contribution is -2.64. The summed E-state index contributed by atoms with van der Waals surface area (Å²) in [6.07, 6.45) is -4.55. The molecule has 2 saturated heterocycles. The molecule has 3 heterocycles. The standard InChI is InChI=1S/C20H23N3O.2C2HF3O2/c1-22-18(17-7-3-2-4-8-17)20(19(22)24)9-12-23(13-10-20)15-16-6-5-11-21-14-16;2*3-2(4,5)1(6)7/h2-8,11,14,18H,9-10,12-13,15H2,1H3;2*(H,6,7). The Labute approximate surface area is 213 Å². The highest BCUT2D eigenvalue weighted by Crippen LogP contribution is 2.55. The van der Waals surface area contributed by atoms with Crippen molar-refractivity contribution in [2.45, 2.75) is 37.8 Å². The maximum atomic E-state index is 12.7. The molecule has 1 spiro atoms. The number of hydrogen-bond acceptors (Lipinski definition) is 5. The van der Waals surface area contributed by atoms with Gasteiger partial charge in [-0.2, -0.15) is 26.3 Å². The second kappa shape index (κ2) is 12.2. The van der Waals surface area contributed by atoms with Gasteiger partial charge in [0, 0.05) is 26.0 Å². The summed E-state index contributed by atoms with van der Waals surface area (Å²) in [5.74, 6) is -5.20. The van der Waals surface area contributed by atoms with Crippen molar-refractivity contribution in [3.63, 3.8) is 0 Å². The van der Waals surface area contributed by atoms with Gasteiger partial charge in [0.15, 0.2) is 0 Å². The number of rotatable bonds is 3. The molecule has 8 nitrogen and oxygen atoms in total. The van der Waals surface area contributed by atoms with E-state index in [2.05, 4.69) is 40.2 Å². The van der Waals surface area contributed by atoms with Crippen molar-refractivity contribution < 1.29 is 50.9 Å². The summed E-state index contributed by atoms with van der Waals surface area (Å²) in [5.41, 5.74) is 2.31. The fourth-order valence-electron chi connectivity index (χ4n) is 4.42. The first kappa shape index (κ1) is 30.5. The van der Waals surface area contributed by atoms with Gasteiger partial charge in [0.25, 0.3) is 0 Å². The number of piperidine rings is 1. The molecule has 2 fully saturated rings. The van der Waals surface area contributed by atoms with Crippen LogP contribution in [0.15, 0.2) is 54.9 Å².